The predicted molar refractivity (Wildman–Crippen MR) is 123 cm³/mol. The second-order valence-corrected chi connectivity index (χ2v) is 10.3. The average Bonchev–Trinajstić information content (AvgIpc) is 3.14. The van der Waals surface area contributed by atoms with Crippen LogP contribution in [0, 0.1) is 5.92 Å². The van der Waals surface area contributed by atoms with E-state index < -0.39 is 6.10 Å². The van der Waals surface area contributed by atoms with E-state index >= 15 is 0 Å². The van der Waals surface area contributed by atoms with Crippen molar-refractivity contribution in [3.05, 3.63) is 23.3 Å². The van der Waals surface area contributed by atoms with E-state index in [1.165, 1.54) is 43.2 Å². The highest BCUT2D eigenvalue weighted by Crippen LogP contribution is 2.63. The fourth-order valence-electron chi connectivity index (χ4n) is 7.17. The highest BCUT2D eigenvalue weighted by molar-refractivity contribution is 5.89. The van der Waals surface area contributed by atoms with Gasteiger partial charge in [-0.2, -0.15) is 0 Å². The molecule has 174 valence electrons. The number of Topliss-reactive ketones (excluding diaryl/α,β-unsaturated/α-hetero) is 1. The molecule has 1 amide bonds. The normalized spacial score (nSPS) is 29.5. The summed E-state index contributed by atoms with van der Waals surface area (Å²) in [5.41, 5.74) is 2.19. The standard InChI is InChI=1S/C27H37NO4/c1-3-4-5-6-7-8-9-10-23(30)28-16-15-27-19-12-13-21(29)26(27)32-25-22(31-2)14-11-18(24(25)27)17-20(19)28/h11,14,19-20,26H,3-10,12-13,15-17H2,1-2H3/t19?,20?,26-,27?/m0/s1. The van der Waals surface area contributed by atoms with Gasteiger partial charge < -0.3 is 14.4 Å². The molecule has 5 rings (SSSR count). The monoisotopic (exact) mass is 439 g/mol. The van der Waals surface area contributed by atoms with Crippen molar-refractivity contribution in [2.75, 3.05) is 13.7 Å². The summed E-state index contributed by atoms with van der Waals surface area (Å²) in [6, 6.07) is 4.29. The van der Waals surface area contributed by atoms with Crippen molar-refractivity contribution >= 4 is 11.7 Å². The van der Waals surface area contributed by atoms with Crippen molar-refractivity contribution < 1.29 is 19.1 Å². The number of benzene rings is 1. The smallest absolute Gasteiger partial charge is 0.222 e. The third-order valence-corrected chi connectivity index (χ3v) is 8.63. The molecule has 5 nitrogen and oxygen atoms in total. The van der Waals surface area contributed by atoms with Crippen molar-refractivity contribution in [2.24, 2.45) is 5.92 Å². The summed E-state index contributed by atoms with van der Waals surface area (Å²) < 4.78 is 11.9. The molecule has 1 aromatic carbocycles. The number of hydrogen-bond donors (Lipinski definition) is 0. The minimum absolute atomic E-state index is 0.187. The van der Waals surface area contributed by atoms with Crippen LogP contribution in [0.4, 0.5) is 0 Å². The van der Waals surface area contributed by atoms with Crippen LogP contribution in [-0.2, 0) is 21.4 Å². The molecule has 32 heavy (non-hydrogen) atoms. The summed E-state index contributed by atoms with van der Waals surface area (Å²) in [4.78, 5) is 28.4. The summed E-state index contributed by atoms with van der Waals surface area (Å²) in [6.45, 7) is 2.98. The minimum Gasteiger partial charge on any atom is -0.493 e. The Hall–Kier alpha value is -2.04. The Morgan fingerprint density at radius 3 is 2.75 bits per heavy atom. The van der Waals surface area contributed by atoms with Crippen LogP contribution in [0.15, 0.2) is 12.1 Å². The van der Waals surface area contributed by atoms with Gasteiger partial charge in [0.2, 0.25) is 5.91 Å². The van der Waals surface area contributed by atoms with Gasteiger partial charge in [0.25, 0.3) is 0 Å². The fraction of sp³-hybridized carbons (Fsp3) is 0.704. The Morgan fingerprint density at radius 1 is 1.19 bits per heavy atom. The number of hydrogen-bond acceptors (Lipinski definition) is 4. The van der Waals surface area contributed by atoms with E-state index in [1.54, 1.807) is 7.11 Å². The SMILES string of the molecule is CCCCCCCCCC(=O)N1CCC23c4c5ccc(OC)c4O[C@H]2C(=O)CCC3C1C5. The topological polar surface area (TPSA) is 55.8 Å². The first kappa shape index (κ1) is 21.8. The number of piperidine rings is 1. The van der Waals surface area contributed by atoms with E-state index in [0.29, 0.717) is 24.7 Å². The summed E-state index contributed by atoms with van der Waals surface area (Å²) in [6.07, 6.45) is 11.9. The summed E-state index contributed by atoms with van der Waals surface area (Å²) in [5, 5.41) is 0. The maximum atomic E-state index is 13.3. The molecule has 0 N–H and O–H groups in total. The van der Waals surface area contributed by atoms with Crippen LogP contribution < -0.4 is 9.47 Å². The van der Waals surface area contributed by atoms with Crippen LogP contribution in [0.3, 0.4) is 0 Å². The number of amides is 1. The highest BCUT2D eigenvalue weighted by atomic mass is 16.5. The van der Waals surface area contributed by atoms with Gasteiger partial charge in [-0.05, 0) is 43.2 Å². The van der Waals surface area contributed by atoms with Crippen LogP contribution in [0.2, 0.25) is 0 Å². The van der Waals surface area contributed by atoms with Gasteiger partial charge >= 0.3 is 0 Å². The van der Waals surface area contributed by atoms with Crippen LogP contribution in [-0.4, -0.2) is 42.4 Å². The van der Waals surface area contributed by atoms with Gasteiger partial charge in [-0.3, -0.25) is 9.59 Å². The molecule has 1 saturated carbocycles. The molecule has 2 fully saturated rings. The molecular formula is C27H37NO4. The number of methoxy groups -OCH3 is 1. The first-order valence-corrected chi connectivity index (χ1v) is 12.8. The number of likely N-dealkylation sites (tertiary alicyclic amines) is 1. The minimum atomic E-state index is -0.408. The second kappa shape index (κ2) is 8.72. The zero-order valence-electron chi connectivity index (χ0n) is 19.7. The third-order valence-electron chi connectivity index (χ3n) is 8.63. The number of rotatable bonds is 9. The molecule has 0 aromatic heterocycles. The number of ketones is 1. The quantitative estimate of drug-likeness (QED) is 0.510. The lowest BCUT2D eigenvalue weighted by Gasteiger charge is -2.57. The number of nitrogens with zero attached hydrogens (tertiary/aromatic N) is 1. The molecule has 4 aliphatic rings. The first-order valence-electron chi connectivity index (χ1n) is 12.8. The number of ether oxygens (including phenoxy) is 2. The van der Waals surface area contributed by atoms with E-state index in [4.69, 9.17) is 9.47 Å². The van der Waals surface area contributed by atoms with Crippen LogP contribution in [0.1, 0.15) is 88.7 Å². The molecule has 0 radical (unpaired) electrons. The van der Waals surface area contributed by atoms with E-state index in [-0.39, 0.29) is 17.2 Å². The van der Waals surface area contributed by atoms with Gasteiger partial charge in [0, 0.05) is 31.0 Å². The average molecular weight is 440 g/mol. The summed E-state index contributed by atoms with van der Waals surface area (Å²) >= 11 is 0. The van der Waals surface area contributed by atoms with Gasteiger partial charge in [-0.25, -0.2) is 0 Å². The van der Waals surface area contributed by atoms with Crippen LogP contribution in [0.25, 0.3) is 0 Å². The molecule has 3 unspecified atom stereocenters. The van der Waals surface area contributed by atoms with Crippen molar-refractivity contribution in [1.82, 2.24) is 4.90 Å². The van der Waals surface area contributed by atoms with E-state index in [0.717, 1.165) is 50.1 Å². The van der Waals surface area contributed by atoms with Gasteiger partial charge in [-0.1, -0.05) is 51.5 Å². The molecule has 5 heteroatoms. The Labute approximate surface area is 191 Å². The number of carbonyl (C=O) groups is 2. The van der Waals surface area contributed by atoms with Crippen molar-refractivity contribution in [1.29, 1.82) is 0 Å². The number of unbranched alkanes of at least 4 members (excludes halogenated alkanes) is 6. The Balaban J connectivity index is 1.34. The zero-order chi connectivity index (χ0) is 22.3. The maximum absolute atomic E-state index is 13.3. The van der Waals surface area contributed by atoms with Crippen LogP contribution >= 0.6 is 0 Å². The molecule has 2 bridgehead atoms. The Morgan fingerprint density at radius 2 is 1.97 bits per heavy atom. The lowest BCUT2D eigenvalue weighted by molar-refractivity contribution is -0.148. The zero-order valence-corrected chi connectivity index (χ0v) is 19.7. The Bertz CT molecular complexity index is 896. The molecule has 2 aliphatic carbocycles. The lowest BCUT2D eigenvalue weighted by atomic mass is 9.51. The summed E-state index contributed by atoms with van der Waals surface area (Å²) in [5.74, 6) is 2.35. The van der Waals surface area contributed by atoms with Gasteiger partial charge in [0.15, 0.2) is 23.4 Å². The van der Waals surface area contributed by atoms with Gasteiger partial charge in [0.05, 0.1) is 12.5 Å². The molecule has 1 aromatic rings. The van der Waals surface area contributed by atoms with Crippen molar-refractivity contribution in [3.63, 3.8) is 0 Å². The number of carbonyl (C=O) groups excluding carboxylic acids is 2. The van der Waals surface area contributed by atoms with Crippen molar-refractivity contribution in [3.8, 4) is 11.5 Å². The highest BCUT2D eigenvalue weighted by Gasteiger charge is 2.66. The molecule has 1 saturated heterocycles. The Kier molecular flexibility index (Phi) is 5.94. The van der Waals surface area contributed by atoms with E-state index in [1.807, 2.05) is 6.07 Å². The van der Waals surface area contributed by atoms with Gasteiger partial charge in [0.1, 0.15) is 0 Å². The first-order chi connectivity index (χ1) is 15.6. The van der Waals surface area contributed by atoms with E-state index in [2.05, 4.69) is 17.9 Å². The molecular weight excluding hydrogens is 402 g/mol. The predicted octanol–water partition coefficient (Wildman–Crippen LogP) is 4.97. The van der Waals surface area contributed by atoms with E-state index in [9.17, 15) is 9.59 Å². The molecule has 1 spiro atoms. The maximum Gasteiger partial charge on any atom is 0.222 e. The molecule has 2 aliphatic heterocycles. The third kappa shape index (κ3) is 3.26. The molecule has 2 heterocycles. The summed E-state index contributed by atoms with van der Waals surface area (Å²) in [7, 11) is 1.66. The molecule has 4 atom stereocenters. The lowest BCUT2D eigenvalue weighted by Crippen LogP contribution is -2.66. The van der Waals surface area contributed by atoms with Crippen molar-refractivity contribution in [2.45, 2.75) is 102 Å². The van der Waals surface area contributed by atoms with Crippen LogP contribution in [0.5, 0.6) is 11.5 Å². The largest absolute Gasteiger partial charge is 0.493 e. The van der Waals surface area contributed by atoms with Gasteiger partial charge in [-0.15, -0.1) is 0 Å². The second-order valence-electron chi connectivity index (χ2n) is 10.3. The fourth-order valence-corrected chi connectivity index (χ4v) is 7.17.